The zero-order valence-electron chi connectivity index (χ0n) is 25.0. The summed E-state index contributed by atoms with van der Waals surface area (Å²) in [6.07, 6.45) is -2.27. The van der Waals surface area contributed by atoms with E-state index in [4.69, 9.17) is 9.47 Å². The lowest BCUT2D eigenvalue weighted by Crippen LogP contribution is -2.42. The van der Waals surface area contributed by atoms with Gasteiger partial charge in [-0.25, -0.2) is 8.78 Å². The molecule has 2 atom stereocenters. The number of benzene rings is 1. The van der Waals surface area contributed by atoms with Crippen molar-refractivity contribution in [1.29, 1.82) is 0 Å². The normalized spacial score (nSPS) is 28.4. The fourth-order valence-corrected chi connectivity index (χ4v) is 6.82. The van der Waals surface area contributed by atoms with Crippen LogP contribution in [0.5, 0.6) is 11.5 Å². The van der Waals surface area contributed by atoms with Gasteiger partial charge < -0.3 is 18.9 Å². The van der Waals surface area contributed by atoms with E-state index in [1.807, 2.05) is 0 Å². The molecule has 12 heteroatoms. The number of ether oxygens (including phenoxy) is 4. The van der Waals surface area contributed by atoms with Crippen molar-refractivity contribution in [3.05, 3.63) is 36.1 Å². The topological polar surface area (TPSA) is 36.9 Å². The highest BCUT2D eigenvalue weighted by molar-refractivity contribution is 5.35. The second-order valence-electron chi connectivity index (χ2n) is 12.5. The van der Waals surface area contributed by atoms with E-state index in [0.29, 0.717) is 49.7 Å². The van der Waals surface area contributed by atoms with Crippen LogP contribution in [-0.4, -0.2) is 31.0 Å². The highest BCUT2D eigenvalue weighted by atomic mass is 19.3. The maximum atomic E-state index is 15.1. The van der Waals surface area contributed by atoms with E-state index in [1.54, 1.807) is 0 Å². The predicted octanol–water partition coefficient (Wildman–Crippen LogP) is 10.4. The first-order valence-corrected chi connectivity index (χ1v) is 15.8. The highest BCUT2D eigenvalue weighted by Gasteiger charge is 2.48. The molecule has 0 aromatic heterocycles. The molecule has 0 amide bonds. The first kappa shape index (κ1) is 34.8. The van der Waals surface area contributed by atoms with Crippen LogP contribution in [0, 0.1) is 35.3 Å². The van der Waals surface area contributed by atoms with Crippen LogP contribution in [0.1, 0.15) is 96.8 Å². The van der Waals surface area contributed by atoms with Gasteiger partial charge in [0.15, 0.2) is 23.6 Å². The highest BCUT2D eigenvalue weighted by Crippen LogP contribution is 2.45. The first-order valence-electron chi connectivity index (χ1n) is 15.8. The first-order chi connectivity index (χ1) is 20.9. The Balaban J connectivity index is 1.18. The Bertz CT molecular complexity index is 1050. The summed E-state index contributed by atoms with van der Waals surface area (Å²) in [5, 5.41) is 0. The number of rotatable bonds is 13. The Morgan fingerprint density at radius 2 is 1.39 bits per heavy atom. The molecule has 0 bridgehead atoms. The Labute approximate surface area is 253 Å². The fraction of sp³-hybridized carbons (Fsp3) is 0.750. The average Bonchev–Trinajstić information content (AvgIpc) is 2.96. The van der Waals surface area contributed by atoms with Crippen molar-refractivity contribution in [2.24, 2.45) is 23.7 Å². The van der Waals surface area contributed by atoms with E-state index >= 15 is 8.78 Å². The van der Waals surface area contributed by atoms with Crippen molar-refractivity contribution in [3.8, 4) is 11.5 Å². The summed E-state index contributed by atoms with van der Waals surface area (Å²) in [5.41, 5.74) is 0. The van der Waals surface area contributed by atoms with E-state index in [9.17, 15) is 26.3 Å². The van der Waals surface area contributed by atoms with Crippen molar-refractivity contribution >= 4 is 0 Å². The maximum absolute atomic E-state index is 15.1. The quantitative estimate of drug-likeness (QED) is 0.159. The molecule has 2 saturated carbocycles. The summed E-state index contributed by atoms with van der Waals surface area (Å²) in [5.74, 6) is -6.38. The molecule has 3 fully saturated rings. The van der Waals surface area contributed by atoms with Gasteiger partial charge in [-0.3, -0.25) is 0 Å². The van der Waals surface area contributed by atoms with Crippen molar-refractivity contribution in [3.63, 3.8) is 0 Å². The van der Waals surface area contributed by atoms with Crippen LogP contribution in [0.4, 0.5) is 35.1 Å². The lowest BCUT2D eigenvalue weighted by atomic mass is 9.78. The van der Waals surface area contributed by atoms with E-state index < -0.39 is 59.4 Å². The lowest BCUT2D eigenvalue weighted by Gasteiger charge is -2.38. The van der Waals surface area contributed by atoms with Crippen LogP contribution in [0.25, 0.3) is 0 Å². The third kappa shape index (κ3) is 9.71. The molecule has 0 radical (unpaired) electrons. The average molecular weight is 643 g/mol. The lowest BCUT2D eigenvalue weighted by molar-refractivity contribution is -0.306. The van der Waals surface area contributed by atoms with Crippen molar-refractivity contribution in [2.45, 2.75) is 121 Å². The standard InChI is InChI=1S/C32H42F8O4/c1-2-3-21-7-13-24(41-18-21)12-6-20-4-8-22(9-5-20)31(37,38)43-25-14-10-23(11-15-25)32(39,40)44-26-16-27(33)30(28(34)17-26)42-19-29(35)36/h16-17,19-25H,2-15,18H2,1H3. The van der Waals surface area contributed by atoms with Crippen molar-refractivity contribution in [1.82, 2.24) is 0 Å². The molecular weight excluding hydrogens is 600 g/mol. The molecular formula is C32H42F8O4. The zero-order valence-corrected chi connectivity index (χ0v) is 25.0. The fourth-order valence-electron chi connectivity index (χ4n) is 6.82. The minimum Gasteiger partial charge on any atom is -0.453 e. The third-order valence-corrected chi connectivity index (χ3v) is 9.35. The monoisotopic (exact) mass is 642 g/mol. The van der Waals surface area contributed by atoms with Gasteiger partial charge in [0.2, 0.25) is 0 Å². The molecule has 4 rings (SSSR count). The molecule has 250 valence electrons. The molecule has 1 saturated heterocycles. The Kier molecular flexibility index (Phi) is 12.2. The smallest absolute Gasteiger partial charge is 0.400 e. The van der Waals surface area contributed by atoms with Crippen LogP contribution < -0.4 is 9.47 Å². The third-order valence-electron chi connectivity index (χ3n) is 9.35. The van der Waals surface area contributed by atoms with Gasteiger partial charge in [-0.05, 0) is 95.3 Å². The van der Waals surface area contributed by atoms with Crippen molar-refractivity contribution < 1.29 is 54.1 Å². The summed E-state index contributed by atoms with van der Waals surface area (Å²) in [7, 11) is 0. The minimum absolute atomic E-state index is 0.0499. The predicted molar refractivity (Wildman–Crippen MR) is 147 cm³/mol. The molecule has 1 aliphatic heterocycles. The SMILES string of the molecule is CCCC1CCC(CCC2CCC(C(F)(F)OC3CCC(C(F)(F)Oc4cc(F)c(OC=C(F)F)c(F)c4)CC3)CC2)OC1. The zero-order chi connectivity index (χ0) is 31.9. The van der Waals surface area contributed by atoms with Gasteiger partial charge in [0.1, 0.15) is 5.75 Å². The number of alkyl halides is 4. The minimum atomic E-state index is -3.86. The second-order valence-corrected chi connectivity index (χ2v) is 12.5. The van der Waals surface area contributed by atoms with Gasteiger partial charge in [0.25, 0.3) is 0 Å². The summed E-state index contributed by atoms with van der Waals surface area (Å²) >= 11 is 0. The van der Waals surface area contributed by atoms with Gasteiger partial charge >= 0.3 is 18.3 Å². The molecule has 1 aromatic rings. The molecule has 0 N–H and O–H groups in total. The van der Waals surface area contributed by atoms with Crippen LogP contribution >= 0.6 is 0 Å². The molecule has 44 heavy (non-hydrogen) atoms. The number of halogens is 8. The van der Waals surface area contributed by atoms with Crippen LogP contribution in [0.2, 0.25) is 0 Å². The van der Waals surface area contributed by atoms with Crippen LogP contribution in [0.15, 0.2) is 24.5 Å². The summed E-state index contributed by atoms with van der Waals surface area (Å²) in [6.45, 7) is 3.00. The Morgan fingerprint density at radius 3 is 1.95 bits per heavy atom. The van der Waals surface area contributed by atoms with Gasteiger partial charge in [-0.1, -0.05) is 13.3 Å². The van der Waals surface area contributed by atoms with E-state index in [0.717, 1.165) is 32.3 Å². The molecule has 0 spiro atoms. The van der Waals surface area contributed by atoms with Gasteiger partial charge in [-0.2, -0.15) is 26.3 Å². The summed E-state index contributed by atoms with van der Waals surface area (Å²) in [4.78, 5) is 0. The number of hydrogen-bond donors (Lipinski definition) is 0. The molecule has 2 aliphatic carbocycles. The van der Waals surface area contributed by atoms with E-state index in [1.165, 1.54) is 12.8 Å². The van der Waals surface area contributed by atoms with E-state index in [2.05, 4.69) is 16.4 Å². The van der Waals surface area contributed by atoms with Gasteiger partial charge in [-0.15, -0.1) is 0 Å². The Morgan fingerprint density at radius 1 is 0.795 bits per heavy atom. The van der Waals surface area contributed by atoms with Gasteiger partial charge in [0, 0.05) is 18.7 Å². The molecule has 1 heterocycles. The van der Waals surface area contributed by atoms with Crippen LogP contribution in [-0.2, 0) is 9.47 Å². The summed E-state index contributed by atoms with van der Waals surface area (Å²) < 4.78 is 132. The van der Waals surface area contributed by atoms with Gasteiger partial charge in [0.05, 0.1) is 24.0 Å². The maximum Gasteiger partial charge on any atom is 0.400 e. The second kappa shape index (κ2) is 15.5. The largest absolute Gasteiger partial charge is 0.453 e. The molecule has 3 aliphatic rings. The van der Waals surface area contributed by atoms with Crippen LogP contribution in [0.3, 0.4) is 0 Å². The Hall–Kier alpha value is -2.08. The molecule has 2 unspecified atom stereocenters. The van der Waals surface area contributed by atoms with Crippen molar-refractivity contribution in [2.75, 3.05) is 6.61 Å². The molecule has 1 aromatic carbocycles. The summed E-state index contributed by atoms with van der Waals surface area (Å²) in [6, 6.07) is 0.791. The van der Waals surface area contributed by atoms with E-state index in [-0.39, 0.29) is 38.0 Å². The number of hydrogen-bond acceptors (Lipinski definition) is 4. The molecule has 4 nitrogen and oxygen atoms in total.